The number of aromatic nitrogens is 3. The Morgan fingerprint density at radius 3 is 2.80 bits per heavy atom. The predicted octanol–water partition coefficient (Wildman–Crippen LogP) is 2.27. The summed E-state index contributed by atoms with van der Waals surface area (Å²) in [6, 6.07) is 0. The highest BCUT2D eigenvalue weighted by Gasteiger charge is 2.37. The normalized spacial score (nSPS) is 11.6. The molecule has 0 bridgehead atoms. The second-order valence-electron chi connectivity index (χ2n) is 4.92. The zero-order valence-electron chi connectivity index (χ0n) is 12.0. The van der Waals surface area contributed by atoms with Crippen molar-refractivity contribution in [2.24, 2.45) is 0 Å². The van der Waals surface area contributed by atoms with Gasteiger partial charge in [0, 0.05) is 11.1 Å². The second-order valence-corrected chi connectivity index (χ2v) is 5.86. The summed E-state index contributed by atoms with van der Waals surface area (Å²) < 4.78 is 10.2. The first-order valence-electron chi connectivity index (χ1n) is 6.34. The number of carbonyl (C=O) groups excluding carboxylic acids is 1. The van der Waals surface area contributed by atoms with Crippen molar-refractivity contribution in [1.82, 2.24) is 15.1 Å². The van der Waals surface area contributed by atoms with Crippen molar-refractivity contribution in [3.63, 3.8) is 0 Å². The molecular weight excluding hydrogens is 278 g/mol. The molecule has 0 aliphatic heterocycles. The van der Waals surface area contributed by atoms with Crippen LogP contribution in [0.2, 0.25) is 0 Å². The summed E-state index contributed by atoms with van der Waals surface area (Å²) >= 11 is 1.55. The van der Waals surface area contributed by atoms with Crippen molar-refractivity contribution in [2.45, 2.75) is 39.5 Å². The van der Waals surface area contributed by atoms with E-state index in [9.17, 15) is 4.79 Å². The molecule has 2 heterocycles. The van der Waals surface area contributed by atoms with Gasteiger partial charge in [0.1, 0.15) is 10.4 Å². The molecular formula is C13H17N3O3S. The van der Waals surface area contributed by atoms with Gasteiger partial charge in [-0.25, -0.2) is 4.98 Å². The van der Waals surface area contributed by atoms with Gasteiger partial charge in [-0.3, -0.25) is 4.79 Å². The number of carbonyl (C=O) groups is 1. The van der Waals surface area contributed by atoms with Gasteiger partial charge in [-0.2, -0.15) is 4.98 Å². The zero-order valence-corrected chi connectivity index (χ0v) is 12.8. The van der Waals surface area contributed by atoms with Crippen molar-refractivity contribution in [3.8, 4) is 0 Å². The standard InChI is InChI=1S/C13H17N3O3S/c1-5-18-12(17)13(3,4)11-15-9(16-19-11)6-10-14-8(2)7-20-10/h7H,5-6H2,1-4H3. The van der Waals surface area contributed by atoms with Crippen LogP contribution in [0.15, 0.2) is 9.90 Å². The first-order valence-corrected chi connectivity index (χ1v) is 7.22. The molecule has 0 radical (unpaired) electrons. The lowest BCUT2D eigenvalue weighted by molar-refractivity contribution is -0.149. The van der Waals surface area contributed by atoms with Crippen LogP contribution in [0.3, 0.4) is 0 Å². The minimum Gasteiger partial charge on any atom is -0.465 e. The van der Waals surface area contributed by atoms with Crippen LogP contribution in [0, 0.1) is 6.92 Å². The van der Waals surface area contributed by atoms with Crippen molar-refractivity contribution in [2.75, 3.05) is 6.61 Å². The molecule has 0 unspecified atom stereocenters. The second kappa shape index (κ2) is 5.70. The van der Waals surface area contributed by atoms with Gasteiger partial charge in [0.25, 0.3) is 0 Å². The third-order valence-corrected chi connectivity index (χ3v) is 3.73. The average Bonchev–Trinajstić information content (AvgIpc) is 3.00. The molecule has 108 valence electrons. The maximum Gasteiger partial charge on any atom is 0.321 e. The van der Waals surface area contributed by atoms with Crippen LogP contribution in [-0.4, -0.2) is 27.7 Å². The SMILES string of the molecule is CCOC(=O)C(C)(C)c1nc(Cc2nc(C)cs2)no1. The Morgan fingerprint density at radius 2 is 2.20 bits per heavy atom. The molecule has 0 saturated heterocycles. The van der Waals surface area contributed by atoms with E-state index in [1.54, 1.807) is 32.1 Å². The highest BCUT2D eigenvalue weighted by molar-refractivity contribution is 7.09. The van der Waals surface area contributed by atoms with Crippen LogP contribution < -0.4 is 0 Å². The Hall–Kier alpha value is -1.76. The number of rotatable bonds is 5. The Balaban J connectivity index is 2.14. The third-order valence-electron chi connectivity index (χ3n) is 2.76. The monoisotopic (exact) mass is 295 g/mol. The van der Waals surface area contributed by atoms with E-state index < -0.39 is 5.41 Å². The Kier molecular flexibility index (Phi) is 4.17. The molecule has 0 fully saturated rings. The molecule has 2 rings (SSSR count). The average molecular weight is 295 g/mol. The van der Waals surface area contributed by atoms with E-state index in [1.165, 1.54) is 0 Å². The predicted molar refractivity (Wildman–Crippen MR) is 73.6 cm³/mol. The van der Waals surface area contributed by atoms with Crippen LogP contribution in [0.4, 0.5) is 0 Å². The quantitative estimate of drug-likeness (QED) is 0.787. The maximum atomic E-state index is 11.9. The highest BCUT2D eigenvalue weighted by Crippen LogP contribution is 2.24. The van der Waals surface area contributed by atoms with Crippen molar-refractivity contribution in [3.05, 3.63) is 27.8 Å². The number of ether oxygens (including phenoxy) is 1. The summed E-state index contributed by atoms with van der Waals surface area (Å²) in [4.78, 5) is 20.5. The fourth-order valence-electron chi connectivity index (χ4n) is 1.60. The van der Waals surface area contributed by atoms with E-state index in [-0.39, 0.29) is 11.9 Å². The largest absolute Gasteiger partial charge is 0.465 e. The molecule has 0 aliphatic rings. The van der Waals surface area contributed by atoms with E-state index >= 15 is 0 Å². The lowest BCUT2D eigenvalue weighted by atomic mass is 9.94. The molecule has 0 amide bonds. The molecule has 0 atom stereocenters. The van der Waals surface area contributed by atoms with Gasteiger partial charge in [-0.15, -0.1) is 11.3 Å². The van der Waals surface area contributed by atoms with Crippen LogP contribution in [0.25, 0.3) is 0 Å². The summed E-state index contributed by atoms with van der Waals surface area (Å²) in [5, 5.41) is 6.79. The van der Waals surface area contributed by atoms with Crippen molar-refractivity contribution in [1.29, 1.82) is 0 Å². The third kappa shape index (κ3) is 3.04. The molecule has 7 heteroatoms. The van der Waals surface area contributed by atoms with Crippen molar-refractivity contribution >= 4 is 17.3 Å². The fourth-order valence-corrected chi connectivity index (χ4v) is 2.37. The van der Waals surface area contributed by atoms with Crippen LogP contribution in [-0.2, 0) is 21.4 Å². The van der Waals surface area contributed by atoms with Gasteiger partial charge in [0.05, 0.1) is 13.0 Å². The van der Waals surface area contributed by atoms with Crippen molar-refractivity contribution < 1.29 is 14.1 Å². The lowest BCUT2D eigenvalue weighted by Crippen LogP contribution is -2.31. The Morgan fingerprint density at radius 1 is 1.45 bits per heavy atom. The minimum absolute atomic E-state index is 0.263. The number of hydrogen-bond acceptors (Lipinski definition) is 7. The number of esters is 1. The van der Waals surface area contributed by atoms with E-state index in [2.05, 4.69) is 15.1 Å². The van der Waals surface area contributed by atoms with Gasteiger partial charge in [-0.1, -0.05) is 5.16 Å². The number of hydrogen-bond donors (Lipinski definition) is 0. The van der Waals surface area contributed by atoms with Crippen LogP contribution in [0.1, 0.15) is 43.2 Å². The Bertz CT molecular complexity index is 604. The summed E-state index contributed by atoms with van der Waals surface area (Å²) in [5.41, 5.74) is 0.0284. The number of nitrogens with zero attached hydrogens (tertiary/aromatic N) is 3. The molecule has 0 aromatic carbocycles. The molecule has 20 heavy (non-hydrogen) atoms. The van der Waals surface area contributed by atoms with E-state index in [1.807, 2.05) is 12.3 Å². The summed E-state index contributed by atoms with van der Waals surface area (Å²) in [7, 11) is 0. The summed E-state index contributed by atoms with van der Waals surface area (Å²) in [5.74, 6) is 0.409. The summed E-state index contributed by atoms with van der Waals surface area (Å²) in [6.07, 6.45) is 0.501. The molecule has 6 nitrogen and oxygen atoms in total. The molecule has 2 aromatic rings. The lowest BCUT2D eigenvalue weighted by Gasteiger charge is -2.16. The maximum absolute atomic E-state index is 11.9. The number of aryl methyl sites for hydroxylation is 1. The van der Waals surface area contributed by atoms with E-state index in [0.29, 0.717) is 18.9 Å². The van der Waals surface area contributed by atoms with Crippen LogP contribution in [0.5, 0.6) is 0 Å². The first kappa shape index (κ1) is 14.6. The van der Waals surface area contributed by atoms with Gasteiger partial charge in [-0.05, 0) is 27.7 Å². The minimum atomic E-state index is -0.944. The highest BCUT2D eigenvalue weighted by atomic mass is 32.1. The van der Waals surface area contributed by atoms with Gasteiger partial charge < -0.3 is 9.26 Å². The van der Waals surface area contributed by atoms with Gasteiger partial charge in [0.15, 0.2) is 5.82 Å². The summed E-state index contributed by atoms with van der Waals surface area (Å²) in [6.45, 7) is 7.43. The Labute approximate surface area is 121 Å². The molecule has 0 aliphatic carbocycles. The van der Waals surface area contributed by atoms with Crippen LogP contribution >= 0.6 is 11.3 Å². The fraction of sp³-hybridized carbons (Fsp3) is 0.538. The topological polar surface area (TPSA) is 78.1 Å². The molecule has 0 spiro atoms. The van der Waals surface area contributed by atoms with Gasteiger partial charge >= 0.3 is 5.97 Å². The zero-order chi connectivity index (χ0) is 14.8. The molecule has 0 saturated carbocycles. The first-order chi connectivity index (χ1) is 9.43. The molecule has 0 N–H and O–H groups in total. The smallest absolute Gasteiger partial charge is 0.321 e. The van der Waals surface area contributed by atoms with Gasteiger partial charge in [0.2, 0.25) is 5.89 Å². The number of thiazole rings is 1. The molecule has 2 aromatic heterocycles. The van der Waals surface area contributed by atoms with E-state index in [0.717, 1.165) is 10.7 Å². The van der Waals surface area contributed by atoms with E-state index in [4.69, 9.17) is 9.26 Å².